The summed E-state index contributed by atoms with van der Waals surface area (Å²) in [6.45, 7) is 1.39. The number of hydrogen-bond donors (Lipinski definition) is 1. The van der Waals surface area contributed by atoms with Crippen LogP contribution in [0.25, 0.3) is 11.0 Å². The number of fused-ring (bicyclic) bond motifs is 1. The number of Topliss-reactive ketones (excluding diaryl/α,β-unsaturated/α-hetero) is 1. The summed E-state index contributed by atoms with van der Waals surface area (Å²) in [4.78, 5) is 20.9. The number of nitrogens with zero attached hydrogens (tertiary/aromatic N) is 3. The maximum absolute atomic E-state index is 13.5. The SMILES string of the molecule is CC(=O)c1oc2cnc(Br)cc2c1NC1(c2ccc(F)cc2)N=CSC1C#N. The number of halogens is 2. The summed E-state index contributed by atoms with van der Waals surface area (Å²) >= 11 is 4.57. The molecule has 140 valence electrons. The van der Waals surface area contributed by atoms with Gasteiger partial charge in [0.1, 0.15) is 15.7 Å². The lowest BCUT2D eigenvalue weighted by molar-refractivity contribution is 0.0990. The fourth-order valence-corrected chi connectivity index (χ4v) is 4.30. The largest absolute Gasteiger partial charge is 0.449 e. The number of rotatable bonds is 4. The van der Waals surface area contributed by atoms with E-state index in [1.165, 1.54) is 37.0 Å². The molecule has 0 radical (unpaired) electrons. The zero-order valence-corrected chi connectivity index (χ0v) is 16.8. The van der Waals surface area contributed by atoms with Crippen LogP contribution in [0.2, 0.25) is 0 Å². The van der Waals surface area contributed by atoms with E-state index in [1.807, 2.05) is 0 Å². The maximum Gasteiger partial charge on any atom is 0.197 e. The number of anilines is 1. The van der Waals surface area contributed by atoms with Crippen molar-refractivity contribution in [1.82, 2.24) is 4.98 Å². The second-order valence-electron chi connectivity index (χ2n) is 6.14. The third-order valence-electron chi connectivity index (χ3n) is 4.41. The number of nitrogens with one attached hydrogen (secondary N) is 1. The minimum Gasteiger partial charge on any atom is -0.449 e. The molecule has 28 heavy (non-hydrogen) atoms. The number of furan rings is 1. The molecule has 0 bridgehead atoms. The van der Waals surface area contributed by atoms with E-state index in [2.05, 4.69) is 37.3 Å². The first-order valence-corrected chi connectivity index (χ1v) is 9.90. The Morgan fingerprint density at radius 1 is 1.43 bits per heavy atom. The maximum atomic E-state index is 13.5. The summed E-state index contributed by atoms with van der Waals surface area (Å²) < 4.78 is 19.7. The minimum atomic E-state index is -1.20. The van der Waals surface area contributed by atoms with Crippen molar-refractivity contribution in [3.8, 4) is 6.07 Å². The topological polar surface area (TPSA) is 91.3 Å². The van der Waals surface area contributed by atoms with Gasteiger partial charge in [0.05, 0.1) is 23.5 Å². The molecule has 1 aliphatic rings. The molecule has 0 amide bonds. The van der Waals surface area contributed by atoms with Crippen molar-refractivity contribution in [2.75, 3.05) is 5.32 Å². The van der Waals surface area contributed by atoms with Gasteiger partial charge in [-0.3, -0.25) is 9.79 Å². The summed E-state index contributed by atoms with van der Waals surface area (Å²) in [5.41, 5.74) is 1.81. The van der Waals surface area contributed by atoms with Crippen LogP contribution in [0.15, 0.2) is 50.5 Å². The molecular weight excluding hydrogens is 447 g/mol. The molecule has 0 aliphatic carbocycles. The molecule has 1 N–H and O–H groups in total. The van der Waals surface area contributed by atoms with Gasteiger partial charge >= 0.3 is 0 Å². The van der Waals surface area contributed by atoms with Gasteiger partial charge in [0, 0.05) is 17.9 Å². The average Bonchev–Trinajstić information content (AvgIpc) is 3.24. The first kappa shape index (κ1) is 18.7. The number of ketones is 1. The predicted octanol–water partition coefficient (Wildman–Crippen LogP) is 4.86. The van der Waals surface area contributed by atoms with E-state index in [1.54, 1.807) is 23.7 Å². The molecule has 1 aromatic carbocycles. The van der Waals surface area contributed by atoms with Crippen molar-refractivity contribution >= 4 is 55.7 Å². The van der Waals surface area contributed by atoms with Crippen LogP contribution in [0.1, 0.15) is 23.0 Å². The summed E-state index contributed by atoms with van der Waals surface area (Å²) in [6, 6.07) is 9.72. The average molecular weight is 459 g/mol. The van der Waals surface area contributed by atoms with E-state index in [9.17, 15) is 14.4 Å². The molecule has 0 fully saturated rings. The predicted molar refractivity (Wildman–Crippen MR) is 109 cm³/mol. The van der Waals surface area contributed by atoms with E-state index in [-0.39, 0.29) is 11.5 Å². The molecule has 9 heteroatoms. The first-order valence-electron chi connectivity index (χ1n) is 8.16. The van der Waals surface area contributed by atoms with Crippen molar-refractivity contribution < 1.29 is 13.6 Å². The van der Waals surface area contributed by atoms with Gasteiger partial charge in [-0.05, 0) is 34.1 Å². The second-order valence-corrected chi connectivity index (χ2v) is 7.91. The van der Waals surface area contributed by atoms with Crippen LogP contribution in [0.4, 0.5) is 10.1 Å². The van der Waals surface area contributed by atoms with Gasteiger partial charge in [-0.1, -0.05) is 23.9 Å². The van der Waals surface area contributed by atoms with Gasteiger partial charge in [0.2, 0.25) is 0 Å². The van der Waals surface area contributed by atoms with E-state index >= 15 is 0 Å². The Morgan fingerprint density at radius 3 is 2.86 bits per heavy atom. The fourth-order valence-electron chi connectivity index (χ4n) is 3.10. The number of carbonyl (C=O) groups is 1. The Morgan fingerprint density at radius 2 is 2.18 bits per heavy atom. The number of benzene rings is 1. The van der Waals surface area contributed by atoms with Crippen LogP contribution < -0.4 is 5.32 Å². The monoisotopic (exact) mass is 458 g/mol. The molecule has 3 heterocycles. The van der Waals surface area contributed by atoms with Gasteiger partial charge < -0.3 is 9.73 Å². The Hall–Kier alpha value is -2.70. The van der Waals surface area contributed by atoms with E-state index in [0.717, 1.165) is 0 Å². The van der Waals surface area contributed by atoms with Gasteiger partial charge in [0.25, 0.3) is 0 Å². The van der Waals surface area contributed by atoms with Crippen molar-refractivity contribution in [1.29, 1.82) is 5.26 Å². The van der Waals surface area contributed by atoms with E-state index < -0.39 is 16.7 Å². The lowest BCUT2D eigenvalue weighted by Crippen LogP contribution is -2.40. The molecule has 4 rings (SSSR count). The zero-order valence-electron chi connectivity index (χ0n) is 14.4. The van der Waals surface area contributed by atoms with E-state index in [0.29, 0.717) is 26.8 Å². The molecule has 6 nitrogen and oxygen atoms in total. The lowest BCUT2D eigenvalue weighted by atomic mass is 9.95. The Bertz CT molecular complexity index is 1160. The molecule has 3 aromatic rings. The van der Waals surface area contributed by atoms with Crippen molar-refractivity contribution in [2.24, 2.45) is 4.99 Å². The summed E-state index contributed by atoms with van der Waals surface area (Å²) in [5, 5.41) is 13.0. The zero-order chi connectivity index (χ0) is 19.9. The minimum absolute atomic E-state index is 0.111. The number of aromatic nitrogens is 1. The summed E-state index contributed by atoms with van der Waals surface area (Å²) in [6.07, 6.45) is 1.51. The van der Waals surface area contributed by atoms with Gasteiger partial charge in [-0.15, -0.1) is 0 Å². The quantitative estimate of drug-likeness (QED) is 0.443. The molecular formula is C19H12BrFN4O2S. The van der Waals surface area contributed by atoms with Crippen molar-refractivity contribution in [3.05, 3.63) is 58.3 Å². The number of aliphatic imine (C=N–C) groups is 1. The van der Waals surface area contributed by atoms with Crippen LogP contribution in [0.5, 0.6) is 0 Å². The molecule has 0 spiro atoms. The Balaban J connectivity index is 1.93. The lowest BCUT2D eigenvalue weighted by Gasteiger charge is -2.31. The molecule has 0 saturated heterocycles. The van der Waals surface area contributed by atoms with Crippen LogP contribution in [0.3, 0.4) is 0 Å². The summed E-state index contributed by atoms with van der Waals surface area (Å²) in [7, 11) is 0. The highest BCUT2D eigenvalue weighted by atomic mass is 79.9. The molecule has 2 unspecified atom stereocenters. The highest BCUT2D eigenvalue weighted by Gasteiger charge is 2.45. The smallest absolute Gasteiger partial charge is 0.197 e. The molecule has 0 saturated carbocycles. The third kappa shape index (κ3) is 2.99. The van der Waals surface area contributed by atoms with Crippen LogP contribution in [-0.2, 0) is 5.66 Å². The molecule has 1 aliphatic heterocycles. The number of hydrogen-bond acceptors (Lipinski definition) is 7. The molecule has 2 aromatic heterocycles. The summed E-state index contributed by atoms with van der Waals surface area (Å²) in [5.74, 6) is -0.567. The number of thioether (sulfide) groups is 1. The standard InChI is InChI=1S/C19H12BrFN4O2S/c1-10(26)18-17(13-6-16(20)23-8-14(13)27-18)25-19(15(7-22)28-9-24-19)11-2-4-12(21)5-3-11/h2-6,8-9,15,25H,1H3. The van der Waals surface area contributed by atoms with Gasteiger partial charge in [-0.25, -0.2) is 9.37 Å². The number of nitriles is 1. The van der Waals surface area contributed by atoms with Crippen LogP contribution in [-0.4, -0.2) is 21.6 Å². The number of carbonyl (C=O) groups excluding carboxylic acids is 1. The van der Waals surface area contributed by atoms with Gasteiger partial charge in [-0.2, -0.15) is 5.26 Å². The Labute approximate surface area is 172 Å². The third-order valence-corrected chi connectivity index (χ3v) is 5.79. The van der Waals surface area contributed by atoms with Crippen LogP contribution in [0, 0.1) is 17.1 Å². The van der Waals surface area contributed by atoms with Crippen LogP contribution >= 0.6 is 27.7 Å². The fraction of sp³-hybridized carbons (Fsp3) is 0.158. The molecule has 2 atom stereocenters. The van der Waals surface area contributed by atoms with E-state index in [4.69, 9.17) is 4.42 Å². The second kappa shape index (κ2) is 7.04. The van der Waals surface area contributed by atoms with Crippen molar-refractivity contribution in [2.45, 2.75) is 17.8 Å². The highest BCUT2D eigenvalue weighted by Crippen LogP contribution is 2.44. The van der Waals surface area contributed by atoms with Gasteiger partial charge in [0.15, 0.2) is 22.8 Å². The first-order chi connectivity index (χ1) is 13.4. The van der Waals surface area contributed by atoms with Crippen molar-refractivity contribution in [3.63, 3.8) is 0 Å². The number of pyridine rings is 1. The Kier molecular flexibility index (Phi) is 4.69. The normalized spacial score (nSPS) is 21.0. The highest BCUT2D eigenvalue weighted by molar-refractivity contribution is 9.10.